The molecule has 3 nitrogen and oxygen atoms in total. The summed E-state index contributed by atoms with van der Waals surface area (Å²) in [5.74, 6) is 0.0681. The summed E-state index contributed by atoms with van der Waals surface area (Å²) in [7, 11) is 0. The summed E-state index contributed by atoms with van der Waals surface area (Å²) in [6.07, 6.45) is 0. The van der Waals surface area contributed by atoms with Crippen molar-refractivity contribution >= 4 is 28.3 Å². The van der Waals surface area contributed by atoms with Crippen LogP contribution in [0.5, 0.6) is 5.88 Å². The van der Waals surface area contributed by atoms with Crippen LogP contribution in [0.15, 0.2) is 35.4 Å². The van der Waals surface area contributed by atoms with E-state index in [1.807, 2.05) is 24.3 Å². The molecular formula is C9H6N2OS. The standard InChI is InChI=1S/C9H6N2OS/c12-9-5-7-3-1-2-4-8(7)11(9)10-6-13/h1-5,12H. The Bertz CT molecular complexity index is 497. The molecular weight excluding hydrogens is 184 g/mol. The zero-order valence-corrected chi connectivity index (χ0v) is 7.45. The highest BCUT2D eigenvalue weighted by molar-refractivity contribution is 7.78. The van der Waals surface area contributed by atoms with Gasteiger partial charge in [-0.2, -0.15) is 4.68 Å². The molecule has 1 heterocycles. The van der Waals surface area contributed by atoms with Gasteiger partial charge in [0.2, 0.25) is 5.88 Å². The zero-order valence-electron chi connectivity index (χ0n) is 6.64. The van der Waals surface area contributed by atoms with Crippen molar-refractivity contribution in [2.45, 2.75) is 0 Å². The largest absolute Gasteiger partial charge is 0.493 e. The van der Waals surface area contributed by atoms with Gasteiger partial charge in [-0.1, -0.05) is 18.2 Å². The van der Waals surface area contributed by atoms with Crippen LogP contribution >= 0.6 is 12.2 Å². The van der Waals surface area contributed by atoms with Crippen LogP contribution in [-0.2, 0) is 0 Å². The highest BCUT2D eigenvalue weighted by Crippen LogP contribution is 2.23. The molecule has 2 aromatic rings. The van der Waals surface area contributed by atoms with E-state index in [-0.39, 0.29) is 5.88 Å². The lowest BCUT2D eigenvalue weighted by Gasteiger charge is -1.94. The lowest BCUT2D eigenvalue weighted by Crippen LogP contribution is -1.84. The molecule has 0 saturated carbocycles. The number of nitrogens with zero attached hydrogens (tertiary/aromatic N) is 2. The molecule has 13 heavy (non-hydrogen) atoms. The number of hydrogen-bond acceptors (Lipinski definition) is 3. The molecule has 1 aromatic carbocycles. The molecule has 0 amide bonds. The first kappa shape index (κ1) is 7.98. The van der Waals surface area contributed by atoms with Gasteiger partial charge < -0.3 is 5.11 Å². The first-order chi connectivity index (χ1) is 6.33. The second-order valence-electron chi connectivity index (χ2n) is 2.56. The molecule has 1 aromatic heterocycles. The fourth-order valence-corrected chi connectivity index (χ4v) is 1.35. The lowest BCUT2D eigenvalue weighted by atomic mass is 10.3. The maximum atomic E-state index is 9.45. The van der Waals surface area contributed by atoms with Crippen LogP contribution in [0.25, 0.3) is 10.9 Å². The molecule has 0 aliphatic rings. The number of aromatic hydroxyl groups is 1. The molecule has 0 spiro atoms. The van der Waals surface area contributed by atoms with Crippen molar-refractivity contribution in [2.24, 2.45) is 5.10 Å². The van der Waals surface area contributed by atoms with E-state index in [9.17, 15) is 5.11 Å². The van der Waals surface area contributed by atoms with Gasteiger partial charge in [0, 0.05) is 11.5 Å². The monoisotopic (exact) mass is 190 g/mol. The van der Waals surface area contributed by atoms with E-state index < -0.39 is 0 Å². The van der Waals surface area contributed by atoms with Crippen LogP contribution < -0.4 is 0 Å². The van der Waals surface area contributed by atoms with E-state index in [0.717, 1.165) is 10.9 Å². The number of rotatable bonds is 1. The summed E-state index contributed by atoms with van der Waals surface area (Å²) in [5, 5.41) is 16.3. The predicted molar refractivity (Wildman–Crippen MR) is 54.0 cm³/mol. The van der Waals surface area contributed by atoms with Crippen molar-refractivity contribution in [1.29, 1.82) is 0 Å². The van der Waals surface area contributed by atoms with Crippen LogP contribution in [-0.4, -0.2) is 14.9 Å². The highest BCUT2D eigenvalue weighted by Gasteiger charge is 2.04. The molecule has 0 aliphatic carbocycles. The minimum Gasteiger partial charge on any atom is -0.493 e. The van der Waals surface area contributed by atoms with Gasteiger partial charge in [-0.25, -0.2) is 0 Å². The Hall–Kier alpha value is -1.64. The van der Waals surface area contributed by atoms with Gasteiger partial charge >= 0.3 is 0 Å². The number of benzene rings is 1. The second-order valence-corrected chi connectivity index (χ2v) is 2.75. The Morgan fingerprint density at radius 3 is 2.92 bits per heavy atom. The number of hydrogen-bond donors (Lipinski definition) is 1. The normalized spacial score (nSPS) is 9.85. The Kier molecular flexibility index (Phi) is 1.85. The van der Waals surface area contributed by atoms with Gasteiger partial charge in [-0.05, 0) is 18.3 Å². The molecule has 1 N–H and O–H groups in total. The van der Waals surface area contributed by atoms with Crippen molar-refractivity contribution in [3.63, 3.8) is 0 Å². The van der Waals surface area contributed by atoms with Crippen LogP contribution in [0.2, 0.25) is 0 Å². The highest BCUT2D eigenvalue weighted by atomic mass is 32.1. The Balaban J connectivity index is 2.85. The molecule has 2 rings (SSSR count). The zero-order chi connectivity index (χ0) is 9.26. The quantitative estimate of drug-likeness (QED) is 0.553. The predicted octanol–water partition coefficient (Wildman–Crippen LogP) is 2.21. The summed E-state index contributed by atoms with van der Waals surface area (Å²) in [4.78, 5) is 0. The van der Waals surface area contributed by atoms with E-state index in [4.69, 9.17) is 0 Å². The van der Waals surface area contributed by atoms with E-state index in [1.54, 1.807) is 6.07 Å². The third-order valence-electron chi connectivity index (χ3n) is 1.81. The van der Waals surface area contributed by atoms with E-state index in [1.165, 1.54) is 4.68 Å². The molecule has 0 atom stereocenters. The van der Waals surface area contributed by atoms with Crippen LogP contribution in [0.4, 0.5) is 0 Å². The first-order valence-electron chi connectivity index (χ1n) is 3.70. The minimum atomic E-state index is 0.0681. The maximum Gasteiger partial charge on any atom is 0.213 e. The number of para-hydroxylation sites is 1. The topological polar surface area (TPSA) is 37.5 Å². The van der Waals surface area contributed by atoms with Gasteiger partial charge in [0.15, 0.2) is 0 Å². The van der Waals surface area contributed by atoms with Crippen molar-refractivity contribution in [3.8, 4) is 5.88 Å². The average molecular weight is 190 g/mol. The number of thiocarbonyl (C=S) groups is 1. The summed E-state index contributed by atoms with van der Waals surface area (Å²) in [6.45, 7) is 0. The third kappa shape index (κ3) is 1.22. The van der Waals surface area contributed by atoms with Crippen LogP contribution in [0.3, 0.4) is 0 Å². The molecule has 0 saturated heterocycles. The van der Waals surface area contributed by atoms with Gasteiger partial charge in [-0.3, -0.25) is 0 Å². The third-order valence-corrected chi connectivity index (χ3v) is 1.89. The molecule has 0 fully saturated rings. The molecule has 0 unspecified atom stereocenters. The SMILES string of the molecule is Oc1cc2ccccc2n1N=C=S. The van der Waals surface area contributed by atoms with Crippen LogP contribution in [0, 0.1) is 0 Å². The van der Waals surface area contributed by atoms with Crippen molar-refractivity contribution in [2.75, 3.05) is 0 Å². The molecule has 0 aliphatic heterocycles. The Morgan fingerprint density at radius 2 is 2.15 bits per heavy atom. The molecule has 0 radical (unpaired) electrons. The molecule has 4 heteroatoms. The van der Waals surface area contributed by atoms with E-state index in [2.05, 4.69) is 22.5 Å². The first-order valence-corrected chi connectivity index (χ1v) is 4.11. The molecule has 64 valence electrons. The average Bonchev–Trinajstić information content (AvgIpc) is 2.44. The summed E-state index contributed by atoms with van der Waals surface area (Å²) in [6, 6.07) is 9.14. The minimum absolute atomic E-state index is 0.0681. The van der Waals surface area contributed by atoms with Crippen molar-refractivity contribution in [1.82, 2.24) is 4.68 Å². The van der Waals surface area contributed by atoms with Gasteiger partial charge in [-0.15, -0.1) is 5.10 Å². The number of fused-ring (bicyclic) bond motifs is 1. The Morgan fingerprint density at radius 1 is 1.38 bits per heavy atom. The second kappa shape index (κ2) is 3.01. The van der Waals surface area contributed by atoms with Gasteiger partial charge in [0.05, 0.1) is 10.7 Å². The lowest BCUT2D eigenvalue weighted by molar-refractivity contribution is 0.433. The maximum absolute atomic E-state index is 9.45. The van der Waals surface area contributed by atoms with Gasteiger partial charge in [0.1, 0.15) is 0 Å². The summed E-state index contributed by atoms with van der Waals surface area (Å²) < 4.78 is 1.35. The van der Waals surface area contributed by atoms with E-state index >= 15 is 0 Å². The Labute approximate surface area is 79.9 Å². The van der Waals surface area contributed by atoms with Crippen molar-refractivity contribution in [3.05, 3.63) is 30.3 Å². The number of aromatic nitrogens is 1. The van der Waals surface area contributed by atoms with Crippen molar-refractivity contribution < 1.29 is 5.11 Å². The fraction of sp³-hybridized carbons (Fsp3) is 0. The number of isothiocyanates is 1. The fourth-order valence-electron chi connectivity index (χ4n) is 1.27. The smallest absolute Gasteiger partial charge is 0.213 e. The summed E-state index contributed by atoms with van der Waals surface area (Å²) >= 11 is 4.47. The van der Waals surface area contributed by atoms with Gasteiger partial charge in [0.25, 0.3) is 0 Å². The summed E-state index contributed by atoms with van der Waals surface area (Å²) in [5.41, 5.74) is 0.817. The van der Waals surface area contributed by atoms with Crippen LogP contribution in [0.1, 0.15) is 0 Å². The van der Waals surface area contributed by atoms with E-state index in [0.29, 0.717) is 0 Å². The molecule has 0 bridgehead atoms.